The van der Waals surface area contributed by atoms with Gasteiger partial charge in [-0.15, -0.1) is 0 Å². The highest BCUT2D eigenvalue weighted by Crippen LogP contribution is 2.68. The van der Waals surface area contributed by atoms with Crippen LogP contribution in [-0.4, -0.2) is 0 Å². The Labute approximate surface area is 84.1 Å². The summed E-state index contributed by atoms with van der Waals surface area (Å²) in [5, 5.41) is 0. The minimum atomic E-state index is 0.514. The lowest BCUT2D eigenvalue weighted by Crippen LogP contribution is -2.12. The first kappa shape index (κ1) is 11.1. The first-order chi connectivity index (χ1) is 5.72. The molecule has 0 amide bonds. The fourth-order valence-corrected chi connectivity index (χ4v) is 2.41. The fourth-order valence-electron chi connectivity index (χ4n) is 2.41. The van der Waals surface area contributed by atoms with Crippen molar-refractivity contribution < 1.29 is 0 Å². The monoisotopic (exact) mass is 182 g/mol. The van der Waals surface area contributed by atoms with Gasteiger partial charge in [0, 0.05) is 0 Å². The first-order valence-electron chi connectivity index (χ1n) is 5.72. The van der Waals surface area contributed by atoms with Crippen LogP contribution in [-0.2, 0) is 0 Å². The molecule has 0 N–H and O–H groups in total. The van der Waals surface area contributed by atoms with E-state index >= 15 is 0 Å². The fraction of sp³-hybridized carbons (Fsp3) is 1.00. The van der Waals surface area contributed by atoms with Crippen LogP contribution in [0, 0.1) is 16.2 Å². The average molecular weight is 182 g/mol. The largest absolute Gasteiger partial charge is 0.0648 e. The molecule has 0 spiro atoms. The predicted molar refractivity (Wildman–Crippen MR) is 59.8 cm³/mol. The highest BCUT2D eigenvalue weighted by Gasteiger charge is 2.58. The van der Waals surface area contributed by atoms with Crippen LogP contribution in [0.5, 0.6) is 0 Å². The van der Waals surface area contributed by atoms with Crippen LogP contribution >= 0.6 is 0 Å². The van der Waals surface area contributed by atoms with Crippen LogP contribution in [0.25, 0.3) is 0 Å². The average Bonchev–Trinajstić information content (AvgIpc) is 2.52. The zero-order valence-electron chi connectivity index (χ0n) is 10.3. The molecule has 0 heteroatoms. The zero-order chi connectivity index (χ0) is 10.3. The van der Waals surface area contributed by atoms with Crippen LogP contribution in [0.1, 0.15) is 67.2 Å². The molecule has 1 rings (SSSR count). The summed E-state index contributed by atoms with van der Waals surface area (Å²) < 4.78 is 0. The molecule has 1 fully saturated rings. The Bertz CT molecular complexity index is 187. The van der Waals surface area contributed by atoms with Crippen molar-refractivity contribution in [3.63, 3.8) is 0 Å². The Morgan fingerprint density at radius 3 is 1.92 bits per heavy atom. The van der Waals surface area contributed by atoms with E-state index < -0.39 is 0 Å². The van der Waals surface area contributed by atoms with Gasteiger partial charge in [-0.1, -0.05) is 48.0 Å². The lowest BCUT2D eigenvalue weighted by molar-refractivity contribution is 0.278. The number of rotatable bonds is 3. The van der Waals surface area contributed by atoms with Gasteiger partial charge in [-0.05, 0) is 35.5 Å². The van der Waals surface area contributed by atoms with E-state index in [1.54, 1.807) is 0 Å². The summed E-state index contributed by atoms with van der Waals surface area (Å²) in [6.45, 7) is 14.3. The quantitative estimate of drug-likeness (QED) is 0.596. The Morgan fingerprint density at radius 2 is 1.62 bits per heavy atom. The Balaban J connectivity index is 2.40. The maximum absolute atomic E-state index is 2.47. The van der Waals surface area contributed by atoms with E-state index in [1.807, 2.05) is 0 Å². The van der Waals surface area contributed by atoms with E-state index in [-0.39, 0.29) is 0 Å². The molecule has 2 unspecified atom stereocenters. The lowest BCUT2D eigenvalue weighted by atomic mass is 9.82. The van der Waals surface area contributed by atoms with Gasteiger partial charge in [0.2, 0.25) is 0 Å². The van der Waals surface area contributed by atoms with Gasteiger partial charge in [-0.2, -0.15) is 0 Å². The van der Waals surface area contributed by atoms with Crippen molar-refractivity contribution in [3.8, 4) is 0 Å². The normalized spacial score (nSPS) is 39.2. The van der Waals surface area contributed by atoms with Gasteiger partial charge in [-0.25, -0.2) is 0 Å². The van der Waals surface area contributed by atoms with E-state index in [2.05, 4.69) is 41.5 Å². The molecule has 1 aliphatic carbocycles. The molecule has 0 aromatic carbocycles. The summed E-state index contributed by atoms with van der Waals surface area (Å²) >= 11 is 0. The van der Waals surface area contributed by atoms with Crippen molar-refractivity contribution in [1.29, 1.82) is 0 Å². The van der Waals surface area contributed by atoms with Gasteiger partial charge in [0.05, 0.1) is 0 Å². The Morgan fingerprint density at radius 1 is 1.08 bits per heavy atom. The standard InChI is InChI=1S/C13H26/c1-7-12(5)10-13(12,6)9-8-11(2,3)4/h7-10H2,1-6H3. The molecule has 13 heavy (non-hydrogen) atoms. The van der Waals surface area contributed by atoms with Crippen LogP contribution in [0.15, 0.2) is 0 Å². The van der Waals surface area contributed by atoms with Crippen molar-refractivity contribution in [2.75, 3.05) is 0 Å². The number of hydrogen-bond acceptors (Lipinski definition) is 0. The molecule has 0 bridgehead atoms. The summed E-state index contributed by atoms with van der Waals surface area (Å²) in [5.74, 6) is 0. The van der Waals surface area contributed by atoms with E-state index in [0.717, 1.165) is 0 Å². The predicted octanol–water partition coefficient (Wildman–Crippen LogP) is 4.64. The van der Waals surface area contributed by atoms with Gasteiger partial charge in [0.25, 0.3) is 0 Å². The van der Waals surface area contributed by atoms with E-state index in [0.29, 0.717) is 16.2 Å². The summed E-state index contributed by atoms with van der Waals surface area (Å²) in [4.78, 5) is 0. The SMILES string of the molecule is CCC1(C)CC1(C)CCC(C)(C)C. The minimum absolute atomic E-state index is 0.514. The minimum Gasteiger partial charge on any atom is -0.0648 e. The maximum atomic E-state index is 2.47. The summed E-state index contributed by atoms with van der Waals surface area (Å²) in [7, 11) is 0. The molecular weight excluding hydrogens is 156 g/mol. The van der Waals surface area contributed by atoms with E-state index in [4.69, 9.17) is 0 Å². The van der Waals surface area contributed by atoms with Crippen molar-refractivity contribution in [2.45, 2.75) is 67.2 Å². The van der Waals surface area contributed by atoms with Gasteiger partial charge < -0.3 is 0 Å². The number of hydrogen-bond donors (Lipinski definition) is 0. The van der Waals surface area contributed by atoms with Crippen molar-refractivity contribution in [2.24, 2.45) is 16.2 Å². The van der Waals surface area contributed by atoms with Gasteiger partial charge in [0.15, 0.2) is 0 Å². The van der Waals surface area contributed by atoms with Crippen molar-refractivity contribution >= 4 is 0 Å². The molecule has 0 heterocycles. The van der Waals surface area contributed by atoms with Crippen LogP contribution in [0.3, 0.4) is 0 Å². The summed E-state index contributed by atoms with van der Waals surface area (Å²) in [6, 6.07) is 0. The smallest absolute Gasteiger partial charge is 0.0266 e. The third kappa shape index (κ3) is 2.27. The molecule has 2 atom stereocenters. The second-order valence-corrected chi connectivity index (χ2v) is 6.71. The van der Waals surface area contributed by atoms with Gasteiger partial charge in [0.1, 0.15) is 0 Å². The van der Waals surface area contributed by atoms with Crippen LogP contribution < -0.4 is 0 Å². The highest BCUT2D eigenvalue weighted by atomic mass is 14.6. The van der Waals surface area contributed by atoms with Crippen molar-refractivity contribution in [1.82, 2.24) is 0 Å². The molecular formula is C13H26. The molecule has 78 valence electrons. The van der Waals surface area contributed by atoms with Gasteiger partial charge >= 0.3 is 0 Å². The third-order valence-corrected chi connectivity index (χ3v) is 4.32. The first-order valence-corrected chi connectivity index (χ1v) is 5.72. The maximum Gasteiger partial charge on any atom is -0.0266 e. The molecule has 0 aromatic rings. The van der Waals surface area contributed by atoms with Crippen molar-refractivity contribution in [3.05, 3.63) is 0 Å². The summed E-state index contributed by atoms with van der Waals surface area (Å²) in [6.07, 6.45) is 5.60. The van der Waals surface area contributed by atoms with Crippen LogP contribution in [0.2, 0.25) is 0 Å². The van der Waals surface area contributed by atoms with Crippen LogP contribution in [0.4, 0.5) is 0 Å². The lowest BCUT2D eigenvalue weighted by Gasteiger charge is -2.23. The van der Waals surface area contributed by atoms with E-state index in [1.165, 1.54) is 25.7 Å². The third-order valence-electron chi connectivity index (χ3n) is 4.32. The Kier molecular flexibility index (Phi) is 2.56. The topological polar surface area (TPSA) is 0 Å². The van der Waals surface area contributed by atoms with Gasteiger partial charge in [-0.3, -0.25) is 0 Å². The second kappa shape index (κ2) is 3.00. The molecule has 0 saturated heterocycles. The Hall–Kier alpha value is 0. The molecule has 0 nitrogen and oxygen atoms in total. The molecule has 0 aliphatic heterocycles. The highest BCUT2D eigenvalue weighted by molar-refractivity contribution is 5.08. The molecule has 1 aliphatic rings. The van der Waals surface area contributed by atoms with E-state index in [9.17, 15) is 0 Å². The zero-order valence-corrected chi connectivity index (χ0v) is 10.3. The molecule has 1 saturated carbocycles. The molecule has 0 aromatic heterocycles. The second-order valence-electron chi connectivity index (χ2n) is 6.71. The molecule has 0 radical (unpaired) electrons. The summed E-state index contributed by atoms with van der Waals surface area (Å²) in [5.41, 5.74) is 1.84.